The Hall–Kier alpha value is -1.13. The Morgan fingerprint density at radius 1 is 1.59 bits per heavy atom. The van der Waals surface area contributed by atoms with E-state index in [1.54, 1.807) is 6.07 Å². The zero-order valence-corrected chi connectivity index (χ0v) is 10.0. The number of benzene rings is 1. The molecule has 92 valence electrons. The summed E-state index contributed by atoms with van der Waals surface area (Å²) in [4.78, 5) is 11.3. The van der Waals surface area contributed by atoms with Crippen molar-refractivity contribution in [2.75, 3.05) is 6.54 Å². The number of amides is 1. The van der Waals surface area contributed by atoms with Crippen LogP contribution >= 0.6 is 11.6 Å². The Morgan fingerprint density at radius 3 is 2.82 bits per heavy atom. The van der Waals surface area contributed by atoms with Crippen molar-refractivity contribution in [1.29, 1.82) is 0 Å². The molecule has 0 heterocycles. The van der Waals surface area contributed by atoms with Gasteiger partial charge in [-0.1, -0.05) is 17.7 Å². The molecule has 1 fully saturated rings. The predicted molar refractivity (Wildman–Crippen MR) is 64.1 cm³/mol. The maximum Gasteiger partial charge on any atom is 0.239 e. The van der Waals surface area contributed by atoms with Gasteiger partial charge in [-0.3, -0.25) is 4.79 Å². The predicted octanol–water partition coefficient (Wildman–Crippen LogP) is 2.01. The van der Waals surface area contributed by atoms with E-state index in [9.17, 15) is 9.18 Å². The maximum absolute atomic E-state index is 13.3. The molecule has 0 radical (unpaired) electrons. The molecule has 0 spiro atoms. The summed E-state index contributed by atoms with van der Waals surface area (Å²) in [7, 11) is 0. The molecule has 1 aromatic carbocycles. The topological polar surface area (TPSA) is 55.1 Å². The van der Waals surface area contributed by atoms with Crippen molar-refractivity contribution >= 4 is 17.5 Å². The Labute approximate surface area is 104 Å². The molecule has 0 aliphatic heterocycles. The first-order valence-corrected chi connectivity index (χ1v) is 5.93. The number of carbonyl (C=O) groups excluding carboxylic acids is 1. The minimum Gasteiger partial charge on any atom is -0.368 e. The fourth-order valence-corrected chi connectivity index (χ4v) is 1.80. The zero-order valence-electron chi connectivity index (χ0n) is 9.25. The van der Waals surface area contributed by atoms with Gasteiger partial charge in [0.2, 0.25) is 5.91 Å². The molecule has 0 aromatic heterocycles. The molecule has 1 saturated carbocycles. The third-order valence-electron chi connectivity index (χ3n) is 2.87. The summed E-state index contributed by atoms with van der Waals surface area (Å²) >= 11 is 5.59. The SMILES string of the molecule is NC(=O)C(NCC1CC1)c1ccc(Cl)c(F)c1. The van der Waals surface area contributed by atoms with Gasteiger partial charge < -0.3 is 11.1 Å². The molecule has 1 aromatic rings. The van der Waals surface area contributed by atoms with Crippen LogP contribution in [0.4, 0.5) is 4.39 Å². The standard InChI is InChI=1S/C12H14ClFN2O/c13-9-4-3-8(5-10(9)14)11(12(15)17)16-6-7-1-2-7/h3-5,7,11,16H,1-2,6H2,(H2,15,17). The van der Waals surface area contributed by atoms with Crippen molar-refractivity contribution in [3.8, 4) is 0 Å². The highest BCUT2D eigenvalue weighted by atomic mass is 35.5. The van der Waals surface area contributed by atoms with E-state index in [2.05, 4.69) is 5.32 Å². The molecule has 3 N–H and O–H groups in total. The lowest BCUT2D eigenvalue weighted by Crippen LogP contribution is -2.34. The molecule has 5 heteroatoms. The molecule has 1 unspecified atom stereocenters. The highest BCUT2D eigenvalue weighted by molar-refractivity contribution is 6.30. The molecular weight excluding hydrogens is 243 g/mol. The van der Waals surface area contributed by atoms with Crippen LogP contribution in [-0.4, -0.2) is 12.5 Å². The van der Waals surface area contributed by atoms with Crippen molar-refractivity contribution in [2.24, 2.45) is 11.7 Å². The van der Waals surface area contributed by atoms with E-state index >= 15 is 0 Å². The van der Waals surface area contributed by atoms with Crippen molar-refractivity contribution in [1.82, 2.24) is 5.32 Å². The molecule has 1 aliphatic rings. The average molecular weight is 257 g/mol. The van der Waals surface area contributed by atoms with Gasteiger partial charge in [0.25, 0.3) is 0 Å². The van der Waals surface area contributed by atoms with Crippen LogP contribution in [0.25, 0.3) is 0 Å². The lowest BCUT2D eigenvalue weighted by atomic mass is 10.1. The van der Waals surface area contributed by atoms with Crippen molar-refractivity contribution in [3.05, 3.63) is 34.6 Å². The second-order valence-electron chi connectivity index (χ2n) is 4.36. The summed E-state index contributed by atoms with van der Waals surface area (Å²) in [6.07, 6.45) is 2.35. The van der Waals surface area contributed by atoms with Gasteiger partial charge in [0.05, 0.1) is 5.02 Å². The van der Waals surface area contributed by atoms with Crippen LogP contribution in [0.1, 0.15) is 24.4 Å². The summed E-state index contributed by atoms with van der Waals surface area (Å²) in [6.45, 7) is 0.734. The monoisotopic (exact) mass is 256 g/mol. The number of hydrogen-bond donors (Lipinski definition) is 2. The third-order valence-corrected chi connectivity index (χ3v) is 3.18. The van der Waals surface area contributed by atoms with Crippen molar-refractivity contribution in [3.63, 3.8) is 0 Å². The van der Waals surface area contributed by atoms with Crippen LogP contribution in [0.5, 0.6) is 0 Å². The second-order valence-corrected chi connectivity index (χ2v) is 4.77. The van der Waals surface area contributed by atoms with Crippen LogP contribution in [-0.2, 0) is 4.79 Å². The molecule has 0 bridgehead atoms. The largest absolute Gasteiger partial charge is 0.368 e. The fraction of sp³-hybridized carbons (Fsp3) is 0.417. The van der Waals surface area contributed by atoms with Crippen LogP contribution in [0.3, 0.4) is 0 Å². The second kappa shape index (κ2) is 5.02. The summed E-state index contributed by atoms with van der Waals surface area (Å²) in [5.41, 5.74) is 5.82. The minimum atomic E-state index is -0.651. The minimum absolute atomic E-state index is 0.0409. The van der Waals surface area contributed by atoms with E-state index in [0.717, 1.165) is 6.54 Å². The first kappa shape index (κ1) is 12.3. The van der Waals surface area contributed by atoms with E-state index in [1.807, 2.05) is 0 Å². The number of hydrogen-bond acceptors (Lipinski definition) is 2. The molecular formula is C12H14ClFN2O. The van der Waals surface area contributed by atoms with Crippen molar-refractivity contribution < 1.29 is 9.18 Å². The molecule has 1 amide bonds. The van der Waals surface area contributed by atoms with Gasteiger partial charge in [0.1, 0.15) is 11.9 Å². The molecule has 3 nitrogen and oxygen atoms in total. The van der Waals surface area contributed by atoms with Gasteiger partial charge in [0, 0.05) is 0 Å². The van der Waals surface area contributed by atoms with Gasteiger partial charge in [-0.05, 0) is 43.0 Å². The normalized spacial score (nSPS) is 16.8. The third kappa shape index (κ3) is 3.17. The maximum atomic E-state index is 13.3. The molecule has 17 heavy (non-hydrogen) atoms. The number of halogens is 2. The van der Waals surface area contributed by atoms with Gasteiger partial charge in [-0.25, -0.2) is 4.39 Å². The Kier molecular flexibility index (Phi) is 3.64. The first-order valence-electron chi connectivity index (χ1n) is 5.55. The van der Waals surface area contributed by atoms with E-state index in [0.29, 0.717) is 11.5 Å². The zero-order chi connectivity index (χ0) is 12.4. The quantitative estimate of drug-likeness (QED) is 0.847. The lowest BCUT2D eigenvalue weighted by molar-refractivity contribution is -0.120. The first-order chi connectivity index (χ1) is 8.08. The Morgan fingerprint density at radius 2 is 2.29 bits per heavy atom. The number of carbonyl (C=O) groups is 1. The average Bonchev–Trinajstić information content (AvgIpc) is 3.07. The van der Waals surface area contributed by atoms with E-state index < -0.39 is 17.8 Å². The summed E-state index contributed by atoms with van der Waals surface area (Å²) in [5, 5.41) is 3.10. The highest BCUT2D eigenvalue weighted by Gasteiger charge is 2.25. The smallest absolute Gasteiger partial charge is 0.239 e. The summed E-state index contributed by atoms with van der Waals surface area (Å²) in [5.74, 6) is -0.426. The van der Waals surface area contributed by atoms with Crippen molar-refractivity contribution in [2.45, 2.75) is 18.9 Å². The molecule has 0 saturated heterocycles. The van der Waals surface area contributed by atoms with Gasteiger partial charge in [-0.15, -0.1) is 0 Å². The Bertz CT molecular complexity index is 435. The van der Waals surface area contributed by atoms with Gasteiger partial charge >= 0.3 is 0 Å². The molecule has 2 rings (SSSR count). The summed E-state index contributed by atoms with van der Waals surface area (Å²) in [6, 6.07) is 3.64. The fourth-order valence-electron chi connectivity index (χ4n) is 1.68. The van der Waals surface area contributed by atoms with Crippen LogP contribution in [0.2, 0.25) is 5.02 Å². The van der Waals surface area contributed by atoms with Crippen LogP contribution in [0, 0.1) is 11.7 Å². The van der Waals surface area contributed by atoms with E-state index in [-0.39, 0.29) is 5.02 Å². The van der Waals surface area contributed by atoms with Gasteiger partial charge in [-0.2, -0.15) is 0 Å². The molecule has 1 aliphatic carbocycles. The van der Waals surface area contributed by atoms with Crippen LogP contribution in [0.15, 0.2) is 18.2 Å². The number of nitrogens with two attached hydrogens (primary N) is 1. The number of primary amides is 1. The van der Waals surface area contributed by atoms with Gasteiger partial charge in [0.15, 0.2) is 0 Å². The molecule has 1 atom stereocenters. The Balaban J connectivity index is 2.12. The van der Waals surface area contributed by atoms with Crippen LogP contribution < -0.4 is 11.1 Å². The van der Waals surface area contributed by atoms with E-state index in [4.69, 9.17) is 17.3 Å². The highest BCUT2D eigenvalue weighted by Crippen LogP contribution is 2.29. The summed E-state index contributed by atoms with van der Waals surface area (Å²) < 4.78 is 13.3. The number of nitrogens with one attached hydrogen (secondary N) is 1. The lowest BCUT2D eigenvalue weighted by Gasteiger charge is -2.15. The number of rotatable bonds is 5. The van der Waals surface area contributed by atoms with E-state index in [1.165, 1.54) is 25.0 Å².